The van der Waals surface area contributed by atoms with Crippen LogP contribution in [-0.4, -0.2) is 59.2 Å². The van der Waals surface area contributed by atoms with Crippen molar-refractivity contribution in [2.75, 3.05) is 39.3 Å². The summed E-state index contributed by atoms with van der Waals surface area (Å²) in [6, 6.07) is 6.07. The van der Waals surface area contributed by atoms with Crippen LogP contribution >= 0.6 is 0 Å². The average Bonchev–Trinajstić information content (AvgIpc) is 2.57. The summed E-state index contributed by atoms with van der Waals surface area (Å²) in [5.74, 6) is 0. The molecule has 17 heavy (non-hydrogen) atoms. The highest BCUT2D eigenvalue weighted by Crippen LogP contribution is 2.06. The summed E-state index contributed by atoms with van der Waals surface area (Å²) in [5.41, 5.74) is 1.14. The average molecular weight is 235 g/mol. The molecule has 0 unspecified atom stereocenters. The van der Waals surface area contributed by atoms with E-state index in [0.29, 0.717) is 0 Å². The Balaban J connectivity index is 1.83. The number of β-amino-alcohol motifs (C(OH)–C–C–N with tert-alkyl or cyclic N) is 1. The monoisotopic (exact) mass is 235 g/mol. The summed E-state index contributed by atoms with van der Waals surface area (Å²) in [6.07, 6.45) is 3.03. The molecular weight excluding hydrogens is 214 g/mol. The molecule has 0 amide bonds. The third-order valence-electron chi connectivity index (χ3n) is 3.21. The van der Waals surface area contributed by atoms with E-state index in [4.69, 9.17) is 5.11 Å². The number of aromatic nitrogens is 1. The molecule has 2 heterocycles. The van der Waals surface area contributed by atoms with E-state index < -0.39 is 0 Å². The molecule has 94 valence electrons. The second-order valence-electron chi connectivity index (χ2n) is 4.52. The Hall–Kier alpha value is -0.970. The van der Waals surface area contributed by atoms with Gasteiger partial charge >= 0.3 is 0 Å². The van der Waals surface area contributed by atoms with Crippen LogP contribution in [0, 0.1) is 0 Å². The summed E-state index contributed by atoms with van der Waals surface area (Å²) >= 11 is 0. The van der Waals surface area contributed by atoms with E-state index >= 15 is 0 Å². The first-order valence-corrected chi connectivity index (χ1v) is 6.34. The fraction of sp³-hybridized carbons (Fsp3) is 0.615. The van der Waals surface area contributed by atoms with Crippen LogP contribution in [0.25, 0.3) is 0 Å². The van der Waals surface area contributed by atoms with Crippen LogP contribution in [0.4, 0.5) is 0 Å². The fourth-order valence-corrected chi connectivity index (χ4v) is 2.27. The third kappa shape index (κ3) is 4.07. The molecule has 1 fully saturated rings. The van der Waals surface area contributed by atoms with Gasteiger partial charge in [0.25, 0.3) is 0 Å². The molecule has 0 saturated carbocycles. The van der Waals surface area contributed by atoms with E-state index in [1.807, 2.05) is 18.3 Å². The van der Waals surface area contributed by atoms with E-state index in [1.54, 1.807) is 0 Å². The van der Waals surface area contributed by atoms with Gasteiger partial charge in [-0.3, -0.25) is 14.8 Å². The molecule has 0 atom stereocenters. The highest BCUT2D eigenvalue weighted by atomic mass is 16.3. The Morgan fingerprint density at radius 2 is 1.94 bits per heavy atom. The van der Waals surface area contributed by atoms with Gasteiger partial charge in [-0.05, 0) is 31.6 Å². The molecule has 1 aromatic heterocycles. The summed E-state index contributed by atoms with van der Waals surface area (Å²) in [7, 11) is 0. The molecule has 1 aromatic rings. The van der Waals surface area contributed by atoms with Gasteiger partial charge in [0, 0.05) is 32.4 Å². The van der Waals surface area contributed by atoms with Crippen molar-refractivity contribution in [3.8, 4) is 0 Å². The standard InChI is InChI=1S/C13H21N3O/c17-11-10-15-6-3-7-16(9-8-15)12-13-4-1-2-5-14-13/h1-2,4-5,17H,3,6-12H2. The van der Waals surface area contributed by atoms with E-state index in [-0.39, 0.29) is 6.61 Å². The molecular formula is C13H21N3O. The van der Waals surface area contributed by atoms with Gasteiger partial charge in [0.05, 0.1) is 12.3 Å². The molecule has 0 aromatic carbocycles. The number of hydrogen-bond acceptors (Lipinski definition) is 4. The predicted octanol–water partition coefficient (Wildman–Crippen LogP) is 0.582. The zero-order chi connectivity index (χ0) is 11.9. The van der Waals surface area contributed by atoms with Crippen LogP contribution in [0.15, 0.2) is 24.4 Å². The van der Waals surface area contributed by atoms with Crippen molar-refractivity contribution in [3.05, 3.63) is 30.1 Å². The Labute approximate surface area is 103 Å². The summed E-state index contributed by atoms with van der Waals surface area (Å²) in [4.78, 5) is 9.14. The van der Waals surface area contributed by atoms with E-state index in [0.717, 1.165) is 45.0 Å². The number of aliphatic hydroxyl groups is 1. The lowest BCUT2D eigenvalue weighted by atomic mass is 10.3. The summed E-state index contributed by atoms with van der Waals surface area (Å²) < 4.78 is 0. The first-order chi connectivity index (χ1) is 8.38. The summed E-state index contributed by atoms with van der Waals surface area (Å²) in [5, 5.41) is 8.95. The maximum absolute atomic E-state index is 8.95. The molecule has 0 radical (unpaired) electrons. The number of aliphatic hydroxyl groups excluding tert-OH is 1. The van der Waals surface area contributed by atoms with Gasteiger partial charge < -0.3 is 5.11 Å². The Kier molecular flexibility index (Phi) is 4.91. The van der Waals surface area contributed by atoms with Gasteiger partial charge in [0.2, 0.25) is 0 Å². The van der Waals surface area contributed by atoms with E-state index in [1.165, 1.54) is 6.42 Å². The Bertz CT molecular complexity index is 318. The third-order valence-corrected chi connectivity index (χ3v) is 3.21. The molecule has 1 saturated heterocycles. The van der Waals surface area contributed by atoms with Gasteiger partial charge in [-0.25, -0.2) is 0 Å². The minimum absolute atomic E-state index is 0.264. The van der Waals surface area contributed by atoms with Crippen molar-refractivity contribution < 1.29 is 5.11 Å². The number of hydrogen-bond donors (Lipinski definition) is 1. The largest absolute Gasteiger partial charge is 0.395 e. The normalized spacial score (nSPS) is 19.1. The minimum Gasteiger partial charge on any atom is -0.395 e. The lowest BCUT2D eigenvalue weighted by molar-refractivity contribution is 0.195. The topological polar surface area (TPSA) is 39.6 Å². The van der Waals surface area contributed by atoms with Gasteiger partial charge in [-0.2, -0.15) is 0 Å². The first kappa shape index (κ1) is 12.5. The van der Waals surface area contributed by atoms with Crippen LogP contribution < -0.4 is 0 Å². The molecule has 4 heteroatoms. The van der Waals surface area contributed by atoms with Gasteiger partial charge in [0.15, 0.2) is 0 Å². The molecule has 4 nitrogen and oxygen atoms in total. The Morgan fingerprint density at radius 3 is 2.71 bits per heavy atom. The zero-order valence-corrected chi connectivity index (χ0v) is 10.3. The molecule has 1 N–H and O–H groups in total. The van der Waals surface area contributed by atoms with Crippen molar-refractivity contribution in [1.82, 2.24) is 14.8 Å². The van der Waals surface area contributed by atoms with Crippen LogP contribution in [0.1, 0.15) is 12.1 Å². The van der Waals surface area contributed by atoms with Crippen LogP contribution in [-0.2, 0) is 6.54 Å². The van der Waals surface area contributed by atoms with Crippen molar-refractivity contribution in [2.45, 2.75) is 13.0 Å². The minimum atomic E-state index is 0.264. The number of nitrogens with zero attached hydrogens (tertiary/aromatic N) is 3. The highest BCUT2D eigenvalue weighted by Gasteiger charge is 2.14. The lowest BCUT2D eigenvalue weighted by Crippen LogP contribution is -2.32. The first-order valence-electron chi connectivity index (χ1n) is 6.34. The molecule has 0 bridgehead atoms. The quantitative estimate of drug-likeness (QED) is 0.829. The fourth-order valence-electron chi connectivity index (χ4n) is 2.27. The van der Waals surface area contributed by atoms with Gasteiger partial charge in [-0.15, -0.1) is 0 Å². The van der Waals surface area contributed by atoms with E-state index in [9.17, 15) is 0 Å². The second-order valence-corrected chi connectivity index (χ2v) is 4.52. The van der Waals surface area contributed by atoms with Crippen molar-refractivity contribution in [3.63, 3.8) is 0 Å². The van der Waals surface area contributed by atoms with Gasteiger partial charge in [-0.1, -0.05) is 6.07 Å². The smallest absolute Gasteiger partial charge is 0.0558 e. The second kappa shape index (κ2) is 6.69. The van der Waals surface area contributed by atoms with Crippen molar-refractivity contribution in [1.29, 1.82) is 0 Å². The Morgan fingerprint density at radius 1 is 1.12 bits per heavy atom. The van der Waals surface area contributed by atoms with Crippen LogP contribution in [0.2, 0.25) is 0 Å². The molecule has 2 rings (SSSR count). The molecule has 1 aliphatic heterocycles. The molecule has 0 spiro atoms. The van der Waals surface area contributed by atoms with E-state index in [2.05, 4.69) is 20.9 Å². The maximum atomic E-state index is 8.95. The predicted molar refractivity (Wildman–Crippen MR) is 67.7 cm³/mol. The maximum Gasteiger partial charge on any atom is 0.0558 e. The highest BCUT2D eigenvalue weighted by molar-refractivity contribution is 5.03. The molecule has 0 aliphatic carbocycles. The summed E-state index contributed by atoms with van der Waals surface area (Å²) in [6.45, 7) is 6.34. The van der Waals surface area contributed by atoms with Crippen LogP contribution in [0.5, 0.6) is 0 Å². The number of rotatable bonds is 4. The SMILES string of the molecule is OCCN1CCCN(Cc2ccccn2)CC1. The number of pyridine rings is 1. The van der Waals surface area contributed by atoms with Crippen LogP contribution in [0.3, 0.4) is 0 Å². The molecule has 1 aliphatic rings. The lowest BCUT2D eigenvalue weighted by Gasteiger charge is -2.20. The zero-order valence-electron chi connectivity index (χ0n) is 10.3. The van der Waals surface area contributed by atoms with Gasteiger partial charge in [0.1, 0.15) is 0 Å². The van der Waals surface area contributed by atoms with Crippen molar-refractivity contribution >= 4 is 0 Å². The van der Waals surface area contributed by atoms with Crippen molar-refractivity contribution in [2.24, 2.45) is 0 Å².